The van der Waals surface area contributed by atoms with Crippen LogP contribution in [0.5, 0.6) is 0 Å². The number of nitrogens with zero attached hydrogens (tertiary/aromatic N) is 2. The van der Waals surface area contributed by atoms with Crippen molar-refractivity contribution in [2.75, 3.05) is 10.2 Å². The Hall–Kier alpha value is -3.82. The quantitative estimate of drug-likeness (QED) is 0.269. The fourth-order valence-electron chi connectivity index (χ4n) is 3.86. The van der Waals surface area contributed by atoms with Crippen LogP contribution in [0.1, 0.15) is 5.56 Å². The van der Waals surface area contributed by atoms with Crippen molar-refractivity contribution in [3.8, 4) is 0 Å². The number of fused-ring (bicyclic) bond motifs is 1. The lowest BCUT2D eigenvalue weighted by Gasteiger charge is -2.14. The zero-order valence-electron chi connectivity index (χ0n) is 18.1. The standard InChI is InChI=1S/C26H17F2N3O2S2/c27-17-9-11-18(12-10-17)29-24(32)15-30-14-16(19-5-1-3-7-21(19)30)13-23-25(33)31(26(34)35-23)22-8-4-2-6-20(22)28/h1-14H,15H2,(H,29,32)/b23-13+. The van der Waals surface area contributed by atoms with Gasteiger partial charge in [0.25, 0.3) is 5.91 Å². The Morgan fingerprint density at radius 3 is 2.49 bits per heavy atom. The first-order chi connectivity index (χ1) is 16.9. The molecule has 4 aromatic rings. The molecule has 0 saturated carbocycles. The van der Waals surface area contributed by atoms with E-state index in [0.29, 0.717) is 10.6 Å². The van der Waals surface area contributed by atoms with Gasteiger partial charge in [0.2, 0.25) is 5.91 Å². The molecule has 0 aliphatic carbocycles. The van der Waals surface area contributed by atoms with Crippen molar-refractivity contribution in [2.24, 2.45) is 0 Å². The SMILES string of the molecule is O=C(Cn1cc(/C=C2/SC(=S)N(c3ccccc3F)C2=O)c2ccccc21)Nc1ccc(F)cc1. The summed E-state index contributed by atoms with van der Waals surface area (Å²) in [6, 6.07) is 19.0. The third-order valence-corrected chi connectivity index (χ3v) is 6.74. The van der Waals surface area contributed by atoms with E-state index in [-0.39, 0.29) is 28.3 Å². The predicted octanol–water partition coefficient (Wildman–Crippen LogP) is 5.96. The fraction of sp³-hybridized carbons (Fsp3) is 0.0385. The summed E-state index contributed by atoms with van der Waals surface area (Å²) in [6.45, 7) is 0.0158. The Balaban J connectivity index is 1.44. The van der Waals surface area contributed by atoms with E-state index in [1.54, 1.807) is 29.0 Å². The fourth-order valence-corrected chi connectivity index (χ4v) is 5.13. The molecule has 2 heterocycles. The van der Waals surface area contributed by atoms with E-state index in [4.69, 9.17) is 12.2 Å². The van der Waals surface area contributed by atoms with Gasteiger partial charge < -0.3 is 9.88 Å². The second kappa shape index (κ2) is 9.44. The first-order valence-corrected chi connectivity index (χ1v) is 11.8. The van der Waals surface area contributed by atoms with Gasteiger partial charge in [-0.05, 0) is 48.5 Å². The van der Waals surface area contributed by atoms with Crippen molar-refractivity contribution in [1.29, 1.82) is 0 Å². The lowest BCUT2D eigenvalue weighted by molar-refractivity contribution is -0.116. The van der Waals surface area contributed by atoms with Crippen molar-refractivity contribution in [3.63, 3.8) is 0 Å². The smallest absolute Gasteiger partial charge is 0.270 e. The van der Waals surface area contributed by atoms with Crippen molar-refractivity contribution in [3.05, 3.63) is 101 Å². The predicted molar refractivity (Wildman–Crippen MR) is 139 cm³/mol. The molecule has 5 nitrogen and oxygen atoms in total. The number of halogens is 2. The summed E-state index contributed by atoms with van der Waals surface area (Å²) in [5.74, 6) is -1.61. The minimum absolute atomic E-state index is 0.0158. The normalized spacial score (nSPS) is 14.8. The number of anilines is 2. The molecule has 1 N–H and O–H groups in total. The average Bonchev–Trinajstić information content (AvgIpc) is 3.32. The number of rotatable bonds is 5. The number of carbonyl (C=O) groups excluding carboxylic acids is 2. The third kappa shape index (κ3) is 4.60. The molecule has 0 atom stereocenters. The van der Waals surface area contributed by atoms with Gasteiger partial charge in [0, 0.05) is 28.4 Å². The first kappa shape index (κ1) is 22.9. The van der Waals surface area contributed by atoms with Crippen molar-refractivity contribution in [2.45, 2.75) is 6.54 Å². The summed E-state index contributed by atoms with van der Waals surface area (Å²) in [5, 5.41) is 3.59. The van der Waals surface area contributed by atoms with Gasteiger partial charge in [-0.15, -0.1) is 0 Å². The van der Waals surface area contributed by atoms with E-state index in [9.17, 15) is 18.4 Å². The van der Waals surface area contributed by atoms with Crippen LogP contribution < -0.4 is 10.2 Å². The summed E-state index contributed by atoms with van der Waals surface area (Å²) in [5.41, 5.74) is 2.13. The van der Waals surface area contributed by atoms with Crippen LogP contribution in [0.15, 0.2) is 83.9 Å². The van der Waals surface area contributed by atoms with E-state index >= 15 is 0 Å². The Labute approximate surface area is 209 Å². The van der Waals surface area contributed by atoms with Crippen molar-refractivity contribution in [1.82, 2.24) is 4.57 Å². The van der Waals surface area contributed by atoms with Crippen LogP contribution in [0.3, 0.4) is 0 Å². The van der Waals surface area contributed by atoms with E-state index < -0.39 is 11.7 Å². The molecule has 3 aromatic carbocycles. The molecule has 0 bridgehead atoms. The average molecular weight is 506 g/mol. The summed E-state index contributed by atoms with van der Waals surface area (Å²) in [4.78, 5) is 27.3. The number of hydrogen-bond acceptors (Lipinski definition) is 4. The molecule has 0 unspecified atom stereocenters. The van der Waals surface area contributed by atoms with Crippen LogP contribution >= 0.6 is 24.0 Å². The number of thiocarbonyl (C=S) groups is 1. The Morgan fingerprint density at radius 1 is 1.00 bits per heavy atom. The van der Waals surface area contributed by atoms with Crippen LogP contribution in [0.25, 0.3) is 17.0 Å². The Bertz CT molecular complexity index is 1510. The maximum Gasteiger partial charge on any atom is 0.270 e. The number of aromatic nitrogens is 1. The molecule has 1 aromatic heterocycles. The Morgan fingerprint density at radius 2 is 1.71 bits per heavy atom. The molecular formula is C26H17F2N3O2S2. The lowest BCUT2D eigenvalue weighted by atomic mass is 10.1. The minimum Gasteiger partial charge on any atom is -0.337 e. The number of para-hydroxylation sites is 2. The molecule has 1 fully saturated rings. The van der Waals surface area contributed by atoms with Gasteiger partial charge in [-0.2, -0.15) is 0 Å². The molecule has 9 heteroatoms. The highest BCUT2D eigenvalue weighted by Crippen LogP contribution is 2.38. The van der Waals surface area contributed by atoms with E-state index in [2.05, 4.69) is 5.32 Å². The molecule has 0 spiro atoms. The van der Waals surface area contributed by atoms with Crippen LogP contribution in [-0.2, 0) is 16.1 Å². The number of carbonyl (C=O) groups is 2. The van der Waals surface area contributed by atoms with Crippen LogP contribution in [0.4, 0.5) is 20.2 Å². The molecule has 5 rings (SSSR count). The zero-order valence-corrected chi connectivity index (χ0v) is 19.7. The van der Waals surface area contributed by atoms with Gasteiger partial charge in [0.1, 0.15) is 18.2 Å². The number of thioether (sulfide) groups is 1. The van der Waals surface area contributed by atoms with Crippen LogP contribution in [-0.4, -0.2) is 20.7 Å². The topological polar surface area (TPSA) is 54.3 Å². The van der Waals surface area contributed by atoms with Gasteiger partial charge >= 0.3 is 0 Å². The zero-order chi connectivity index (χ0) is 24.5. The summed E-state index contributed by atoms with van der Waals surface area (Å²) >= 11 is 6.46. The highest BCUT2D eigenvalue weighted by Gasteiger charge is 2.34. The summed E-state index contributed by atoms with van der Waals surface area (Å²) in [7, 11) is 0. The minimum atomic E-state index is -0.534. The molecule has 1 aliphatic rings. The summed E-state index contributed by atoms with van der Waals surface area (Å²) < 4.78 is 29.5. The van der Waals surface area contributed by atoms with E-state index in [1.807, 2.05) is 24.3 Å². The summed E-state index contributed by atoms with van der Waals surface area (Å²) in [6.07, 6.45) is 3.49. The van der Waals surface area contributed by atoms with Gasteiger partial charge in [-0.3, -0.25) is 14.5 Å². The van der Waals surface area contributed by atoms with Crippen molar-refractivity contribution >= 4 is 68.5 Å². The molecule has 0 radical (unpaired) electrons. The van der Waals surface area contributed by atoms with Gasteiger partial charge in [0.05, 0.1) is 10.6 Å². The Kier molecular flexibility index (Phi) is 6.19. The maximum absolute atomic E-state index is 14.3. The molecule has 174 valence electrons. The van der Waals surface area contributed by atoms with Crippen LogP contribution in [0, 0.1) is 11.6 Å². The van der Waals surface area contributed by atoms with Gasteiger partial charge in [-0.1, -0.05) is 54.3 Å². The highest BCUT2D eigenvalue weighted by molar-refractivity contribution is 8.27. The third-order valence-electron chi connectivity index (χ3n) is 5.44. The monoisotopic (exact) mass is 505 g/mol. The lowest BCUT2D eigenvalue weighted by Crippen LogP contribution is -2.28. The largest absolute Gasteiger partial charge is 0.337 e. The van der Waals surface area contributed by atoms with Gasteiger partial charge in [-0.25, -0.2) is 8.78 Å². The molecule has 1 saturated heterocycles. The van der Waals surface area contributed by atoms with Crippen molar-refractivity contribution < 1.29 is 18.4 Å². The number of amides is 2. The molecule has 2 amide bonds. The number of nitrogens with one attached hydrogen (secondary N) is 1. The molecule has 35 heavy (non-hydrogen) atoms. The maximum atomic E-state index is 14.3. The van der Waals surface area contributed by atoms with E-state index in [1.165, 1.54) is 41.3 Å². The second-order valence-electron chi connectivity index (χ2n) is 7.75. The molecule has 1 aliphatic heterocycles. The number of hydrogen-bond donors (Lipinski definition) is 1. The first-order valence-electron chi connectivity index (χ1n) is 10.6. The van der Waals surface area contributed by atoms with Crippen LogP contribution in [0.2, 0.25) is 0 Å². The second-order valence-corrected chi connectivity index (χ2v) is 9.43. The number of benzene rings is 3. The highest BCUT2D eigenvalue weighted by atomic mass is 32.2. The molecular weight excluding hydrogens is 488 g/mol. The van der Waals surface area contributed by atoms with E-state index in [0.717, 1.165) is 28.2 Å². The van der Waals surface area contributed by atoms with Gasteiger partial charge in [0.15, 0.2) is 4.32 Å².